The number of hydrogen-bond acceptors (Lipinski definition) is 11. The molecule has 0 atom stereocenters. The number of sulfonamides is 1. The Hall–Kier alpha value is -4.70. The topological polar surface area (TPSA) is 159 Å². The number of aromatic amines is 1. The van der Waals surface area contributed by atoms with E-state index in [1.807, 2.05) is 25.1 Å². The molecular formula is C45H50Cl2N6O7S. The number of amides is 1. The minimum absolute atomic E-state index is 0.00504. The van der Waals surface area contributed by atoms with Crippen molar-refractivity contribution in [1.29, 1.82) is 0 Å². The van der Waals surface area contributed by atoms with Gasteiger partial charge < -0.3 is 24.2 Å². The van der Waals surface area contributed by atoms with Crippen molar-refractivity contribution in [2.75, 3.05) is 50.8 Å². The lowest BCUT2D eigenvalue weighted by molar-refractivity contribution is -0.0101. The van der Waals surface area contributed by atoms with Gasteiger partial charge in [0.2, 0.25) is 5.88 Å². The summed E-state index contributed by atoms with van der Waals surface area (Å²) in [5, 5.41) is 18.7. The number of carbonyl (C=O) groups excluding carboxylic acids is 1. The highest BCUT2D eigenvalue weighted by atomic mass is 35.5. The number of benzene rings is 3. The van der Waals surface area contributed by atoms with Gasteiger partial charge in [-0.15, -0.1) is 0 Å². The third-order valence-electron chi connectivity index (χ3n) is 11.8. The molecule has 5 aromatic rings. The Bertz CT molecular complexity index is 2540. The third kappa shape index (κ3) is 10.2. The molecule has 1 saturated heterocycles. The van der Waals surface area contributed by atoms with Crippen molar-refractivity contribution in [2.24, 2.45) is 5.92 Å². The summed E-state index contributed by atoms with van der Waals surface area (Å²) in [4.78, 5) is 22.4. The van der Waals surface area contributed by atoms with Gasteiger partial charge in [-0.05, 0) is 112 Å². The lowest BCUT2D eigenvalue weighted by atomic mass is 9.80. The number of pyridine rings is 1. The molecule has 0 radical (unpaired) electrons. The molecule has 61 heavy (non-hydrogen) atoms. The molecule has 3 aliphatic rings. The van der Waals surface area contributed by atoms with E-state index in [9.17, 15) is 18.3 Å². The molecule has 1 amide bonds. The number of nitrogens with zero attached hydrogens (tertiary/aromatic N) is 4. The second-order valence-electron chi connectivity index (χ2n) is 17.1. The van der Waals surface area contributed by atoms with Gasteiger partial charge in [0.1, 0.15) is 21.4 Å². The minimum Gasteiger partial charge on any atom is -0.476 e. The molecule has 0 bridgehead atoms. The minimum atomic E-state index is -4.42. The Labute approximate surface area is 366 Å². The molecule has 2 fully saturated rings. The van der Waals surface area contributed by atoms with Crippen LogP contribution in [0.1, 0.15) is 68.8 Å². The van der Waals surface area contributed by atoms with Gasteiger partial charge in [0.15, 0.2) is 0 Å². The van der Waals surface area contributed by atoms with E-state index in [0.717, 1.165) is 61.9 Å². The Kier molecular flexibility index (Phi) is 12.4. The van der Waals surface area contributed by atoms with Gasteiger partial charge >= 0.3 is 0 Å². The molecule has 3 aromatic carbocycles. The van der Waals surface area contributed by atoms with Crippen LogP contribution in [0.5, 0.6) is 17.4 Å². The van der Waals surface area contributed by atoms with Crippen LogP contribution in [0.25, 0.3) is 16.5 Å². The summed E-state index contributed by atoms with van der Waals surface area (Å²) in [6.07, 6.45) is 6.49. The maximum atomic E-state index is 13.9. The van der Waals surface area contributed by atoms with Crippen molar-refractivity contribution in [2.45, 2.75) is 69.0 Å². The van der Waals surface area contributed by atoms with Crippen LogP contribution < -0.4 is 19.1 Å². The number of ether oxygens (including phenoxy) is 3. The van der Waals surface area contributed by atoms with Gasteiger partial charge in [-0.25, -0.2) is 18.1 Å². The standard InChI is InChI=1S/C45H50Cl2N6O7S/c1-44(2)23-36(30-7-9-32(46)10-8-30)31(28-59-44)26-52-17-19-53(20-18-52)33-11-12-35(41(21-33)60-40-6-4-5-39-37(40)25-49-50-39)42(54)51-61(56,57)34-22-38(47)43(48-24-34)58-27-29-13-15-45(3,55)16-14-29/h4-12,21-22,24-25,29,55H,13-20,23,26-28H2,1-3H3,(H,49,50)(H,51,54). The maximum absolute atomic E-state index is 13.9. The van der Waals surface area contributed by atoms with Crippen LogP contribution in [0.2, 0.25) is 10.0 Å². The number of halogens is 2. The molecule has 1 aliphatic carbocycles. The van der Waals surface area contributed by atoms with Crippen LogP contribution >= 0.6 is 23.2 Å². The summed E-state index contributed by atoms with van der Waals surface area (Å²) in [7, 11) is -4.42. The molecule has 13 nitrogen and oxygen atoms in total. The second kappa shape index (κ2) is 17.6. The van der Waals surface area contributed by atoms with Crippen molar-refractivity contribution < 1.29 is 32.5 Å². The van der Waals surface area contributed by atoms with E-state index in [0.29, 0.717) is 55.3 Å². The highest BCUT2D eigenvalue weighted by Gasteiger charge is 2.32. The molecule has 3 N–H and O–H groups in total. The van der Waals surface area contributed by atoms with E-state index in [2.05, 4.69) is 55.7 Å². The SMILES string of the molecule is CC1(O)CCC(COc2ncc(S(=O)(=O)NC(=O)c3ccc(N4CCN(CC5=C(c6ccc(Cl)cc6)CC(C)(C)OC5)CC4)cc3Oc3cccc4[nH]ncc34)cc2Cl)CC1. The molecule has 0 unspecified atom stereocenters. The summed E-state index contributed by atoms with van der Waals surface area (Å²) in [5.41, 5.74) is 4.37. The summed E-state index contributed by atoms with van der Waals surface area (Å²) in [5.74, 6) is 0.0361. The molecular weight excluding hydrogens is 840 g/mol. The van der Waals surface area contributed by atoms with Gasteiger partial charge in [0.25, 0.3) is 15.9 Å². The van der Waals surface area contributed by atoms with Crippen LogP contribution in [0.4, 0.5) is 5.69 Å². The number of anilines is 1. The van der Waals surface area contributed by atoms with Gasteiger partial charge in [0.05, 0.1) is 53.3 Å². The first-order valence-corrected chi connectivity index (χ1v) is 22.8. The summed E-state index contributed by atoms with van der Waals surface area (Å²) >= 11 is 12.7. The number of H-pyrrole nitrogens is 1. The molecule has 2 aliphatic heterocycles. The molecule has 16 heteroatoms. The zero-order valence-electron chi connectivity index (χ0n) is 34.4. The number of piperazine rings is 1. The van der Waals surface area contributed by atoms with E-state index in [1.165, 1.54) is 17.2 Å². The molecule has 1 saturated carbocycles. The molecule has 322 valence electrons. The Balaban J connectivity index is 0.981. The van der Waals surface area contributed by atoms with Gasteiger partial charge in [0, 0.05) is 55.9 Å². The summed E-state index contributed by atoms with van der Waals surface area (Å²) in [6, 6.07) is 19.8. The smallest absolute Gasteiger partial charge is 0.268 e. The van der Waals surface area contributed by atoms with E-state index in [-0.39, 0.29) is 38.6 Å². The summed E-state index contributed by atoms with van der Waals surface area (Å²) < 4.78 is 47.9. The second-order valence-corrected chi connectivity index (χ2v) is 19.6. The fourth-order valence-electron chi connectivity index (χ4n) is 8.19. The van der Waals surface area contributed by atoms with Gasteiger partial charge in [-0.2, -0.15) is 5.10 Å². The first-order chi connectivity index (χ1) is 29.1. The first-order valence-electron chi connectivity index (χ1n) is 20.5. The molecule has 2 aromatic heterocycles. The molecule has 8 rings (SSSR count). The number of aliphatic hydroxyl groups is 1. The van der Waals surface area contributed by atoms with E-state index < -0.39 is 21.5 Å². The monoisotopic (exact) mass is 888 g/mol. The number of hydrogen-bond donors (Lipinski definition) is 3. The van der Waals surface area contributed by atoms with E-state index in [1.54, 1.807) is 36.5 Å². The van der Waals surface area contributed by atoms with Gasteiger partial charge in [-0.1, -0.05) is 41.4 Å². The highest BCUT2D eigenvalue weighted by molar-refractivity contribution is 7.90. The van der Waals surface area contributed by atoms with Crippen molar-refractivity contribution >= 4 is 61.3 Å². The maximum Gasteiger partial charge on any atom is 0.268 e. The van der Waals surface area contributed by atoms with Crippen molar-refractivity contribution in [3.8, 4) is 17.4 Å². The van der Waals surface area contributed by atoms with Crippen molar-refractivity contribution in [3.63, 3.8) is 0 Å². The number of fused-ring (bicyclic) bond motifs is 1. The molecule has 4 heterocycles. The highest BCUT2D eigenvalue weighted by Crippen LogP contribution is 2.38. The van der Waals surface area contributed by atoms with Crippen LogP contribution in [0.15, 0.2) is 89.6 Å². The first kappa shape index (κ1) is 43.0. The van der Waals surface area contributed by atoms with Crippen LogP contribution in [0, 0.1) is 5.92 Å². The number of nitrogens with one attached hydrogen (secondary N) is 2. The Morgan fingerprint density at radius 1 is 0.984 bits per heavy atom. The van der Waals surface area contributed by atoms with Crippen molar-refractivity contribution in [1.82, 2.24) is 24.8 Å². The number of rotatable bonds is 12. The number of aromatic nitrogens is 3. The van der Waals surface area contributed by atoms with E-state index >= 15 is 0 Å². The lowest BCUT2D eigenvalue weighted by Gasteiger charge is -2.39. The normalized spacial score (nSPS) is 21.1. The number of carbonyl (C=O) groups is 1. The largest absolute Gasteiger partial charge is 0.476 e. The lowest BCUT2D eigenvalue weighted by Crippen LogP contribution is -2.47. The fourth-order valence-corrected chi connectivity index (χ4v) is 9.54. The zero-order valence-corrected chi connectivity index (χ0v) is 36.7. The quantitative estimate of drug-likeness (QED) is 0.111. The fraction of sp³-hybridized carbons (Fsp3) is 0.400. The Morgan fingerprint density at radius 3 is 2.48 bits per heavy atom. The zero-order chi connectivity index (χ0) is 42.9. The van der Waals surface area contributed by atoms with Crippen LogP contribution in [-0.4, -0.2) is 96.7 Å². The predicted molar refractivity (Wildman–Crippen MR) is 236 cm³/mol. The summed E-state index contributed by atoms with van der Waals surface area (Å²) in [6.45, 7) is 10.7. The average Bonchev–Trinajstić information content (AvgIpc) is 3.72. The third-order valence-corrected chi connectivity index (χ3v) is 13.7. The van der Waals surface area contributed by atoms with Gasteiger partial charge in [-0.3, -0.25) is 14.8 Å². The van der Waals surface area contributed by atoms with Crippen LogP contribution in [-0.2, 0) is 14.8 Å². The molecule has 0 spiro atoms. The average molecular weight is 890 g/mol. The predicted octanol–water partition coefficient (Wildman–Crippen LogP) is 8.27. The van der Waals surface area contributed by atoms with E-state index in [4.69, 9.17) is 37.4 Å². The Morgan fingerprint density at radius 2 is 1.74 bits per heavy atom. The van der Waals surface area contributed by atoms with Crippen LogP contribution in [0.3, 0.4) is 0 Å². The van der Waals surface area contributed by atoms with Crippen molar-refractivity contribution in [3.05, 3.63) is 106 Å².